The predicted octanol–water partition coefficient (Wildman–Crippen LogP) is 6.22. The number of unbranched alkanes of at least 4 members (excludes halogenated alkanes) is 1. The predicted molar refractivity (Wildman–Crippen MR) is 185 cm³/mol. The highest BCUT2D eigenvalue weighted by Crippen LogP contribution is 2.23. The van der Waals surface area contributed by atoms with Gasteiger partial charge in [-0.2, -0.15) is 0 Å². The van der Waals surface area contributed by atoms with Gasteiger partial charge in [0.2, 0.25) is 11.8 Å². The van der Waals surface area contributed by atoms with Gasteiger partial charge in [0.25, 0.3) is 20.0 Å². The van der Waals surface area contributed by atoms with Gasteiger partial charge in [-0.15, -0.1) is 0 Å². The third-order valence-corrected chi connectivity index (χ3v) is 9.58. The molecule has 0 fully saturated rings. The minimum absolute atomic E-state index is 0.0391. The van der Waals surface area contributed by atoms with E-state index < -0.39 is 20.0 Å². The van der Waals surface area contributed by atoms with Crippen LogP contribution in [0.3, 0.4) is 0 Å². The average molecular weight is 695 g/mol. The third kappa shape index (κ3) is 10.7. The zero-order valence-corrected chi connectivity index (χ0v) is 28.2. The van der Waals surface area contributed by atoms with Crippen molar-refractivity contribution in [1.82, 2.24) is 0 Å². The van der Waals surface area contributed by atoms with E-state index in [1.165, 1.54) is 48.5 Å². The first-order chi connectivity index (χ1) is 23.0. The number of rotatable bonds is 17. The van der Waals surface area contributed by atoms with Crippen molar-refractivity contribution in [2.75, 3.05) is 33.3 Å². The topological polar surface area (TPSA) is 169 Å². The number of carbonyl (C=O) groups is 2. The third-order valence-electron chi connectivity index (χ3n) is 6.79. The SMILES string of the molecule is CCOc1ccc(NS(=O)(=O)c2ccc(NC(=O)CCCCC(=O)Nc3ccc(S(=O)(=O)Nc4ccc(OCC)cc4)cc3)cc2)cc1. The van der Waals surface area contributed by atoms with Crippen LogP contribution < -0.4 is 29.6 Å². The lowest BCUT2D eigenvalue weighted by atomic mass is 10.1. The Hall–Kier alpha value is -5.08. The molecule has 0 heterocycles. The highest BCUT2D eigenvalue weighted by Gasteiger charge is 2.16. The fraction of sp³-hybridized carbons (Fsp3) is 0.235. The summed E-state index contributed by atoms with van der Waals surface area (Å²) in [5, 5.41) is 5.46. The number of benzene rings is 4. The Morgan fingerprint density at radius 2 is 0.812 bits per heavy atom. The maximum Gasteiger partial charge on any atom is 0.261 e. The fourth-order valence-electron chi connectivity index (χ4n) is 4.45. The van der Waals surface area contributed by atoms with Gasteiger partial charge in [-0.05, 0) is 124 Å². The molecule has 14 heteroatoms. The molecule has 0 radical (unpaired) electrons. The first-order valence-electron chi connectivity index (χ1n) is 15.3. The van der Waals surface area contributed by atoms with Crippen LogP contribution in [0.2, 0.25) is 0 Å². The highest BCUT2D eigenvalue weighted by molar-refractivity contribution is 7.93. The molecule has 0 atom stereocenters. The van der Waals surface area contributed by atoms with Gasteiger partial charge >= 0.3 is 0 Å². The van der Waals surface area contributed by atoms with Gasteiger partial charge in [0.1, 0.15) is 11.5 Å². The Morgan fingerprint density at radius 3 is 1.12 bits per heavy atom. The van der Waals surface area contributed by atoms with Crippen LogP contribution in [0.15, 0.2) is 107 Å². The van der Waals surface area contributed by atoms with Gasteiger partial charge in [-0.1, -0.05) is 0 Å². The molecule has 0 saturated heterocycles. The molecule has 0 saturated carbocycles. The quantitative estimate of drug-likeness (QED) is 0.0944. The second kappa shape index (κ2) is 16.7. The zero-order valence-electron chi connectivity index (χ0n) is 26.6. The van der Waals surface area contributed by atoms with Crippen LogP contribution in [-0.2, 0) is 29.6 Å². The van der Waals surface area contributed by atoms with E-state index in [-0.39, 0.29) is 34.4 Å². The lowest BCUT2D eigenvalue weighted by molar-refractivity contribution is -0.118. The molecule has 0 unspecified atom stereocenters. The van der Waals surface area contributed by atoms with E-state index in [9.17, 15) is 26.4 Å². The van der Waals surface area contributed by atoms with E-state index >= 15 is 0 Å². The molecule has 4 rings (SSSR count). The van der Waals surface area contributed by atoms with Crippen LogP contribution in [-0.4, -0.2) is 41.9 Å². The molecular weight excluding hydrogens is 657 g/mol. The summed E-state index contributed by atoms with van der Waals surface area (Å²) < 4.78 is 66.7. The highest BCUT2D eigenvalue weighted by atomic mass is 32.2. The van der Waals surface area contributed by atoms with E-state index in [0.29, 0.717) is 60.3 Å². The Bertz CT molecular complexity index is 1740. The summed E-state index contributed by atoms with van der Waals surface area (Å²) in [5.41, 5.74) is 1.67. The molecule has 4 aromatic carbocycles. The summed E-state index contributed by atoms with van der Waals surface area (Å²) >= 11 is 0. The molecule has 0 aromatic heterocycles. The van der Waals surface area contributed by atoms with E-state index in [1.807, 2.05) is 13.8 Å². The number of nitrogens with one attached hydrogen (secondary N) is 4. The molecule has 48 heavy (non-hydrogen) atoms. The smallest absolute Gasteiger partial charge is 0.261 e. The number of sulfonamides is 2. The monoisotopic (exact) mass is 694 g/mol. The molecule has 4 aromatic rings. The van der Waals surface area contributed by atoms with E-state index in [4.69, 9.17) is 9.47 Å². The van der Waals surface area contributed by atoms with E-state index in [2.05, 4.69) is 20.1 Å². The minimum atomic E-state index is -3.83. The fourth-order valence-corrected chi connectivity index (χ4v) is 6.57. The van der Waals surface area contributed by atoms with Gasteiger partial charge in [0.15, 0.2) is 0 Å². The molecule has 12 nitrogen and oxygen atoms in total. The van der Waals surface area contributed by atoms with Crippen LogP contribution in [0, 0.1) is 0 Å². The minimum Gasteiger partial charge on any atom is -0.494 e. The van der Waals surface area contributed by atoms with E-state index in [1.54, 1.807) is 48.5 Å². The molecule has 0 spiro atoms. The van der Waals surface area contributed by atoms with Gasteiger partial charge in [-0.25, -0.2) is 16.8 Å². The number of anilines is 4. The van der Waals surface area contributed by atoms with Gasteiger partial charge < -0.3 is 20.1 Å². The zero-order chi connectivity index (χ0) is 34.6. The largest absolute Gasteiger partial charge is 0.494 e. The Morgan fingerprint density at radius 1 is 0.500 bits per heavy atom. The summed E-state index contributed by atoms with van der Waals surface area (Å²) in [5.74, 6) is 0.734. The van der Waals surface area contributed by atoms with Crippen LogP contribution in [0.4, 0.5) is 22.7 Å². The molecule has 0 bridgehead atoms. The lowest BCUT2D eigenvalue weighted by Gasteiger charge is -2.11. The Labute approximate surface area is 281 Å². The summed E-state index contributed by atoms with van der Waals surface area (Å²) in [7, 11) is -7.66. The van der Waals surface area contributed by atoms with Crippen LogP contribution in [0.1, 0.15) is 39.5 Å². The maximum atomic E-state index is 12.7. The summed E-state index contributed by atoms with van der Waals surface area (Å²) in [4.78, 5) is 24.9. The summed E-state index contributed by atoms with van der Waals surface area (Å²) in [6.45, 7) is 4.73. The van der Waals surface area contributed by atoms with Crippen molar-refractivity contribution in [1.29, 1.82) is 0 Å². The molecule has 0 aliphatic rings. The van der Waals surface area contributed by atoms with Gasteiger partial charge in [0, 0.05) is 35.6 Å². The number of hydrogen-bond acceptors (Lipinski definition) is 8. The van der Waals surface area contributed by atoms with Gasteiger partial charge in [-0.3, -0.25) is 19.0 Å². The van der Waals surface area contributed by atoms with Crippen molar-refractivity contribution in [3.05, 3.63) is 97.1 Å². The van der Waals surface area contributed by atoms with Crippen LogP contribution in [0.5, 0.6) is 11.5 Å². The first kappa shape index (κ1) is 35.8. The molecule has 2 amide bonds. The number of amides is 2. The average Bonchev–Trinajstić information content (AvgIpc) is 3.05. The lowest BCUT2D eigenvalue weighted by Crippen LogP contribution is -2.15. The molecule has 4 N–H and O–H groups in total. The standard InChI is InChI=1S/C34H38N4O8S2/c1-3-45-29-17-9-27(10-18-29)37-47(41,42)31-21-13-25(14-22-31)35-33(39)7-5-6-8-34(40)36-26-15-23-32(24-16-26)48(43,44)38-28-11-19-30(20-12-28)46-4-2/h9-24,37-38H,3-8H2,1-2H3,(H,35,39)(H,36,40). The molecule has 254 valence electrons. The van der Waals surface area contributed by atoms with Crippen molar-refractivity contribution >= 4 is 54.6 Å². The maximum absolute atomic E-state index is 12.7. The first-order valence-corrected chi connectivity index (χ1v) is 18.3. The van der Waals surface area contributed by atoms with Crippen molar-refractivity contribution < 1.29 is 35.9 Å². The van der Waals surface area contributed by atoms with E-state index in [0.717, 1.165) is 0 Å². The van der Waals surface area contributed by atoms with Crippen molar-refractivity contribution in [3.8, 4) is 11.5 Å². The molecule has 0 aliphatic carbocycles. The Kier molecular flexibility index (Phi) is 12.4. The summed E-state index contributed by atoms with van der Waals surface area (Å²) in [6, 6.07) is 24.7. The number of carbonyl (C=O) groups excluding carboxylic acids is 2. The molecule has 0 aliphatic heterocycles. The second-order valence-electron chi connectivity index (χ2n) is 10.5. The second-order valence-corrected chi connectivity index (χ2v) is 13.8. The Balaban J connectivity index is 1.17. The van der Waals surface area contributed by atoms with Crippen molar-refractivity contribution in [3.63, 3.8) is 0 Å². The van der Waals surface area contributed by atoms with Crippen LogP contribution in [0.25, 0.3) is 0 Å². The van der Waals surface area contributed by atoms with Gasteiger partial charge in [0.05, 0.1) is 23.0 Å². The van der Waals surface area contributed by atoms with Crippen molar-refractivity contribution in [2.45, 2.75) is 49.3 Å². The normalized spacial score (nSPS) is 11.3. The molecular formula is C34H38N4O8S2. The van der Waals surface area contributed by atoms with Crippen molar-refractivity contribution in [2.24, 2.45) is 0 Å². The summed E-state index contributed by atoms with van der Waals surface area (Å²) in [6.07, 6.45) is 1.24. The van der Waals surface area contributed by atoms with Crippen LogP contribution >= 0.6 is 0 Å². The number of ether oxygens (including phenoxy) is 2. The number of hydrogen-bond donors (Lipinski definition) is 4.